The minimum absolute atomic E-state index is 0.108. The molecule has 0 aromatic heterocycles. The van der Waals surface area contributed by atoms with Crippen LogP contribution in [0.15, 0.2) is 11.8 Å². The lowest BCUT2D eigenvalue weighted by molar-refractivity contribution is 0.109. The van der Waals surface area contributed by atoms with Crippen molar-refractivity contribution >= 4 is 8.32 Å². The van der Waals surface area contributed by atoms with Gasteiger partial charge in [0, 0.05) is 5.92 Å². The van der Waals surface area contributed by atoms with Crippen LogP contribution in [0, 0.1) is 5.92 Å². The van der Waals surface area contributed by atoms with Crippen LogP contribution in [0.1, 0.15) is 27.2 Å². The molecule has 14 heavy (non-hydrogen) atoms. The Morgan fingerprint density at radius 2 is 1.93 bits per heavy atom. The van der Waals surface area contributed by atoms with E-state index >= 15 is 0 Å². The lowest BCUT2D eigenvalue weighted by Crippen LogP contribution is -2.30. The van der Waals surface area contributed by atoms with Gasteiger partial charge in [-0.3, -0.25) is 0 Å². The smallest absolute Gasteiger partial charge is 0.241 e. The molecule has 0 saturated carbocycles. The molecule has 0 aliphatic rings. The molecular weight excluding hydrogens is 192 g/mol. The summed E-state index contributed by atoms with van der Waals surface area (Å²) in [6.07, 6.45) is 2.45. The summed E-state index contributed by atoms with van der Waals surface area (Å²) >= 11 is 0. The first-order valence-electron chi connectivity index (χ1n) is 5.35. The minimum atomic E-state index is -1.54. The first kappa shape index (κ1) is 13.7. The Labute approximate surface area is 89.1 Å². The van der Waals surface area contributed by atoms with Crippen LogP contribution >= 0.6 is 0 Å². The second-order valence-corrected chi connectivity index (χ2v) is 9.10. The lowest BCUT2D eigenvalue weighted by Gasteiger charge is -2.27. The summed E-state index contributed by atoms with van der Waals surface area (Å²) in [5.41, 5.74) is 0. The molecule has 1 N–H and O–H groups in total. The molecule has 2 nitrogen and oxygen atoms in total. The fourth-order valence-corrected chi connectivity index (χ4v) is 2.32. The summed E-state index contributed by atoms with van der Waals surface area (Å²) in [7, 11) is -1.54. The van der Waals surface area contributed by atoms with Gasteiger partial charge in [0.05, 0.1) is 11.9 Å². The number of hydrogen-bond donors (Lipinski definition) is 1. The Morgan fingerprint density at radius 1 is 1.43 bits per heavy atom. The summed E-state index contributed by atoms with van der Waals surface area (Å²) in [6.45, 7) is 12.4. The van der Waals surface area contributed by atoms with Crippen molar-refractivity contribution in [2.45, 2.75) is 52.9 Å². The van der Waals surface area contributed by atoms with Crippen molar-refractivity contribution in [2.24, 2.45) is 5.92 Å². The molecule has 0 bridgehead atoms. The van der Waals surface area contributed by atoms with Crippen molar-refractivity contribution in [3.8, 4) is 0 Å². The van der Waals surface area contributed by atoms with Crippen LogP contribution < -0.4 is 0 Å². The molecule has 0 rings (SSSR count). The molecule has 0 fully saturated rings. The Kier molecular flexibility index (Phi) is 5.45. The molecule has 0 radical (unpaired) electrons. The minimum Gasteiger partial charge on any atom is -0.547 e. The Hall–Kier alpha value is -0.283. The third-order valence-corrected chi connectivity index (χ3v) is 3.00. The topological polar surface area (TPSA) is 29.5 Å². The van der Waals surface area contributed by atoms with Gasteiger partial charge in [0.2, 0.25) is 8.32 Å². The molecular formula is C11H24O2Si. The van der Waals surface area contributed by atoms with Crippen molar-refractivity contribution in [3.05, 3.63) is 11.8 Å². The maximum Gasteiger partial charge on any atom is 0.241 e. The van der Waals surface area contributed by atoms with Gasteiger partial charge in [-0.15, -0.1) is 0 Å². The molecule has 0 aliphatic carbocycles. The highest BCUT2D eigenvalue weighted by Crippen LogP contribution is 2.22. The lowest BCUT2D eigenvalue weighted by atomic mass is 10.0. The molecule has 0 aliphatic heterocycles. The maximum absolute atomic E-state index is 9.72. The average molecular weight is 216 g/mol. The quantitative estimate of drug-likeness (QED) is 0.565. The molecule has 3 heteroatoms. The van der Waals surface area contributed by atoms with Crippen LogP contribution in [0.4, 0.5) is 0 Å². The number of aliphatic hydroxyl groups excluding tert-OH is 1. The SMILES string of the molecule is C/C=C(\O[Si](C)(C)C)[C@@H](C)[C@H](O)CC. The van der Waals surface area contributed by atoms with E-state index in [2.05, 4.69) is 19.6 Å². The molecule has 0 heterocycles. The van der Waals surface area contributed by atoms with Gasteiger partial charge < -0.3 is 9.53 Å². The highest BCUT2D eigenvalue weighted by atomic mass is 28.4. The van der Waals surface area contributed by atoms with Gasteiger partial charge in [-0.25, -0.2) is 0 Å². The van der Waals surface area contributed by atoms with Crippen molar-refractivity contribution in [1.29, 1.82) is 0 Å². The van der Waals surface area contributed by atoms with Gasteiger partial charge in [0.1, 0.15) is 0 Å². The van der Waals surface area contributed by atoms with Crippen molar-refractivity contribution in [1.82, 2.24) is 0 Å². The normalized spacial score (nSPS) is 17.8. The molecule has 0 aromatic rings. The number of rotatable bonds is 5. The highest BCUT2D eigenvalue weighted by molar-refractivity contribution is 6.70. The molecule has 84 valence electrons. The van der Waals surface area contributed by atoms with E-state index in [1.54, 1.807) is 0 Å². The fraction of sp³-hybridized carbons (Fsp3) is 0.818. The number of allylic oxidation sites excluding steroid dienone is 1. The standard InChI is InChI=1S/C11H24O2Si/c1-7-10(12)9(3)11(8-2)13-14(4,5)6/h8-10,12H,7H2,1-6H3/b11-8-/t9-,10+/m0/s1. The molecule has 0 saturated heterocycles. The van der Waals surface area contributed by atoms with Crippen LogP contribution in [-0.4, -0.2) is 19.5 Å². The number of aliphatic hydroxyl groups is 1. The van der Waals surface area contributed by atoms with Crippen molar-refractivity contribution in [2.75, 3.05) is 0 Å². The van der Waals surface area contributed by atoms with E-state index in [-0.39, 0.29) is 12.0 Å². The largest absolute Gasteiger partial charge is 0.547 e. The monoisotopic (exact) mass is 216 g/mol. The summed E-state index contributed by atoms with van der Waals surface area (Å²) in [5, 5.41) is 9.72. The van der Waals surface area contributed by atoms with Gasteiger partial charge in [-0.2, -0.15) is 0 Å². The van der Waals surface area contributed by atoms with Gasteiger partial charge in [0.15, 0.2) is 0 Å². The second kappa shape index (κ2) is 5.56. The number of hydrogen-bond acceptors (Lipinski definition) is 2. The predicted octanol–water partition coefficient (Wildman–Crippen LogP) is 3.15. The first-order valence-corrected chi connectivity index (χ1v) is 8.76. The summed E-state index contributed by atoms with van der Waals surface area (Å²) < 4.78 is 5.91. The molecule has 0 spiro atoms. The van der Waals surface area contributed by atoms with E-state index in [0.717, 1.165) is 12.2 Å². The van der Waals surface area contributed by atoms with E-state index in [9.17, 15) is 5.11 Å². The fourth-order valence-electron chi connectivity index (χ4n) is 1.31. The summed E-state index contributed by atoms with van der Waals surface area (Å²) in [4.78, 5) is 0. The third-order valence-electron chi connectivity index (χ3n) is 2.15. The molecule has 0 amide bonds. The zero-order valence-corrected chi connectivity index (χ0v) is 11.3. The van der Waals surface area contributed by atoms with E-state index in [1.165, 1.54) is 0 Å². The van der Waals surface area contributed by atoms with Gasteiger partial charge in [-0.05, 0) is 33.0 Å². The first-order chi connectivity index (χ1) is 6.31. The van der Waals surface area contributed by atoms with Crippen molar-refractivity contribution < 1.29 is 9.53 Å². The van der Waals surface area contributed by atoms with Crippen molar-refractivity contribution in [3.63, 3.8) is 0 Å². The zero-order valence-electron chi connectivity index (χ0n) is 10.3. The van der Waals surface area contributed by atoms with Crippen LogP contribution in [0.5, 0.6) is 0 Å². The van der Waals surface area contributed by atoms with Gasteiger partial charge in [0.25, 0.3) is 0 Å². The van der Waals surface area contributed by atoms with E-state index < -0.39 is 8.32 Å². The van der Waals surface area contributed by atoms with Gasteiger partial charge in [-0.1, -0.05) is 19.9 Å². The molecule has 0 unspecified atom stereocenters. The predicted molar refractivity (Wildman–Crippen MR) is 63.6 cm³/mol. The maximum atomic E-state index is 9.72. The Morgan fingerprint density at radius 3 is 2.21 bits per heavy atom. The van der Waals surface area contributed by atoms with Crippen LogP contribution in [0.2, 0.25) is 19.6 Å². The zero-order chi connectivity index (χ0) is 11.4. The molecule has 0 aromatic carbocycles. The second-order valence-electron chi connectivity index (χ2n) is 4.67. The van der Waals surface area contributed by atoms with Gasteiger partial charge >= 0.3 is 0 Å². The van der Waals surface area contributed by atoms with E-state index in [0.29, 0.717) is 0 Å². The average Bonchev–Trinajstić information content (AvgIpc) is 2.10. The van der Waals surface area contributed by atoms with Crippen LogP contribution in [0.25, 0.3) is 0 Å². The van der Waals surface area contributed by atoms with E-state index in [1.807, 2.05) is 26.8 Å². The Balaban J connectivity index is 4.44. The summed E-state index contributed by atoms with van der Waals surface area (Å²) in [5.74, 6) is 1.05. The van der Waals surface area contributed by atoms with Crippen LogP contribution in [0.3, 0.4) is 0 Å². The van der Waals surface area contributed by atoms with E-state index in [4.69, 9.17) is 4.43 Å². The summed E-state index contributed by atoms with van der Waals surface area (Å²) in [6, 6.07) is 0. The van der Waals surface area contributed by atoms with Crippen LogP contribution in [-0.2, 0) is 4.43 Å². The molecule has 2 atom stereocenters. The third kappa shape index (κ3) is 4.82. The Bertz CT molecular complexity index is 194. The highest BCUT2D eigenvalue weighted by Gasteiger charge is 2.23.